The monoisotopic (exact) mass is 591 g/mol. The summed E-state index contributed by atoms with van der Waals surface area (Å²) in [5, 5.41) is 8.63. The molecule has 0 atom stereocenters. The topological polar surface area (TPSA) is 64.3 Å². The first-order valence-electron chi connectivity index (χ1n) is 15.1. The van der Waals surface area contributed by atoms with Crippen molar-refractivity contribution in [3.63, 3.8) is 0 Å². The van der Waals surface area contributed by atoms with Crippen LogP contribution in [0.4, 0.5) is 11.5 Å². The zero-order valence-electron chi connectivity index (χ0n) is 26.1. The third-order valence-electron chi connectivity index (χ3n) is 7.29. The van der Waals surface area contributed by atoms with E-state index in [0.717, 1.165) is 62.0 Å². The average Bonchev–Trinajstić information content (AvgIpc) is 3.48. The van der Waals surface area contributed by atoms with E-state index in [1.807, 2.05) is 77.6 Å². The van der Waals surface area contributed by atoms with Crippen LogP contribution < -0.4 is 10.1 Å². The van der Waals surface area contributed by atoms with Crippen LogP contribution in [0.1, 0.15) is 37.5 Å². The number of aliphatic imine (C=N–C) groups is 1. The summed E-state index contributed by atoms with van der Waals surface area (Å²) in [4.78, 5) is 9.76. The Labute approximate surface area is 265 Å². The Morgan fingerprint density at radius 3 is 2.11 bits per heavy atom. The van der Waals surface area contributed by atoms with Crippen LogP contribution in [0.15, 0.2) is 139 Å². The van der Waals surface area contributed by atoms with Crippen LogP contribution >= 0.6 is 0 Å². The quantitative estimate of drug-likeness (QED) is 0.170. The number of aromatic nitrogens is 3. The van der Waals surface area contributed by atoms with Crippen LogP contribution in [0.2, 0.25) is 0 Å². The Morgan fingerprint density at radius 1 is 0.778 bits per heavy atom. The van der Waals surface area contributed by atoms with Gasteiger partial charge in [0, 0.05) is 40.2 Å². The fraction of sp³-hybridized carbons (Fsp3) is 0.154. The Morgan fingerprint density at radius 2 is 1.47 bits per heavy atom. The number of benzene rings is 4. The number of hydrogen-bond acceptors (Lipinski definition) is 5. The highest BCUT2D eigenvalue weighted by Gasteiger charge is 2.17. The van der Waals surface area contributed by atoms with Gasteiger partial charge in [-0.25, -0.2) is 9.98 Å². The first-order chi connectivity index (χ1) is 21.8. The Balaban J connectivity index is 1.44. The lowest BCUT2D eigenvalue weighted by molar-refractivity contribution is 0.414. The number of hydrogen-bond donors (Lipinski definition) is 1. The van der Waals surface area contributed by atoms with Crippen LogP contribution in [0.5, 0.6) is 5.75 Å². The molecule has 0 unspecified atom stereocenters. The standard InChI is InChI=1S/C39H37N5O/c1-39(2,3)42-36-25-31(22-23-40-36)35-27-44(26-28-18-20-34(45-4)21-19-28)43-38(35)32-16-11-17-33(24-32)41-37(29-12-7-5-8-13-29)30-14-9-6-10-15-30/h5-25,27H,26H2,1-4H3,(H,40,42). The molecule has 224 valence electrons. The second-order valence-electron chi connectivity index (χ2n) is 12.0. The molecule has 6 aromatic rings. The third-order valence-corrected chi connectivity index (χ3v) is 7.29. The van der Waals surface area contributed by atoms with Crippen LogP contribution in [0.25, 0.3) is 22.4 Å². The number of pyridine rings is 1. The minimum atomic E-state index is -0.117. The van der Waals surface area contributed by atoms with Gasteiger partial charge in [-0.2, -0.15) is 5.10 Å². The van der Waals surface area contributed by atoms with Gasteiger partial charge < -0.3 is 10.1 Å². The van der Waals surface area contributed by atoms with Gasteiger partial charge in [-0.1, -0.05) is 84.9 Å². The van der Waals surface area contributed by atoms with Gasteiger partial charge in [0.15, 0.2) is 0 Å². The van der Waals surface area contributed by atoms with E-state index in [-0.39, 0.29) is 5.54 Å². The minimum Gasteiger partial charge on any atom is -0.497 e. The van der Waals surface area contributed by atoms with E-state index < -0.39 is 0 Å². The lowest BCUT2D eigenvalue weighted by Gasteiger charge is -2.21. The summed E-state index contributed by atoms with van der Waals surface area (Å²) in [5.74, 6) is 1.65. The summed E-state index contributed by atoms with van der Waals surface area (Å²) in [6.07, 6.45) is 3.96. The molecule has 4 aromatic carbocycles. The molecule has 6 heteroatoms. The summed E-state index contributed by atoms with van der Waals surface area (Å²) in [7, 11) is 1.68. The van der Waals surface area contributed by atoms with Crippen molar-refractivity contribution in [2.24, 2.45) is 4.99 Å². The lowest BCUT2D eigenvalue weighted by Crippen LogP contribution is -2.26. The van der Waals surface area contributed by atoms with E-state index in [1.54, 1.807) is 7.11 Å². The van der Waals surface area contributed by atoms with E-state index in [1.165, 1.54) is 0 Å². The molecule has 0 saturated heterocycles. The van der Waals surface area contributed by atoms with E-state index >= 15 is 0 Å². The molecule has 0 spiro atoms. The van der Waals surface area contributed by atoms with Crippen LogP contribution in [-0.4, -0.2) is 33.1 Å². The molecule has 1 N–H and O–H groups in total. The molecule has 0 fully saturated rings. The number of anilines is 1. The average molecular weight is 592 g/mol. The second kappa shape index (κ2) is 13.0. The molecule has 6 rings (SSSR count). The fourth-order valence-electron chi connectivity index (χ4n) is 5.24. The maximum Gasteiger partial charge on any atom is 0.126 e. The van der Waals surface area contributed by atoms with Crippen LogP contribution in [0.3, 0.4) is 0 Å². The van der Waals surface area contributed by atoms with Crippen molar-refractivity contribution in [1.29, 1.82) is 0 Å². The molecular weight excluding hydrogens is 554 g/mol. The number of nitrogens with one attached hydrogen (secondary N) is 1. The van der Waals surface area contributed by atoms with Crippen molar-refractivity contribution < 1.29 is 4.74 Å². The van der Waals surface area contributed by atoms with Crippen molar-refractivity contribution in [3.05, 3.63) is 150 Å². The summed E-state index contributed by atoms with van der Waals surface area (Å²) in [5.41, 5.74) is 8.86. The minimum absolute atomic E-state index is 0.117. The molecule has 0 bridgehead atoms. The highest BCUT2D eigenvalue weighted by atomic mass is 16.5. The predicted molar refractivity (Wildman–Crippen MR) is 185 cm³/mol. The number of methoxy groups -OCH3 is 1. The summed E-state index contributed by atoms with van der Waals surface area (Å²) >= 11 is 0. The van der Waals surface area contributed by atoms with Crippen LogP contribution in [0, 0.1) is 0 Å². The molecule has 0 amide bonds. The highest BCUT2D eigenvalue weighted by molar-refractivity contribution is 6.14. The van der Waals surface area contributed by atoms with E-state index in [9.17, 15) is 0 Å². The Kier molecular flexibility index (Phi) is 8.56. The predicted octanol–water partition coefficient (Wildman–Crippen LogP) is 9.05. The van der Waals surface area contributed by atoms with Gasteiger partial charge in [-0.15, -0.1) is 0 Å². The van der Waals surface area contributed by atoms with Crippen molar-refractivity contribution in [1.82, 2.24) is 14.8 Å². The number of ether oxygens (including phenoxy) is 1. The molecule has 6 nitrogen and oxygen atoms in total. The van der Waals surface area contributed by atoms with E-state index in [4.69, 9.17) is 14.8 Å². The van der Waals surface area contributed by atoms with Crippen molar-refractivity contribution in [2.45, 2.75) is 32.9 Å². The zero-order valence-corrected chi connectivity index (χ0v) is 26.1. The third kappa shape index (κ3) is 7.36. The lowest BCUT2D eigenvalue weighted by atomic mass is 10.0. The first-order valence-corrected chi connectivity index (χ1v) is 15.1. The normalized spacial score (nSPS) is 11.2. The Bertz CT molecular complexity index is 1860. The first kappa shape index (κ1) is 29.6. The van der Waals surface area contributed by atoms with Gasteiger partial charge in [-0.05, 0) is 68.3 Å². The fourth-order valence-corrected chi connectivity index (χ4v) is 5.24. The summed E-state index contributed by atoms with van der Waals surface area (Å²) < 4.78 is 7.35. The molecule has 0 aliphatic heterocycles. The molecule has 0 aliphatic carbocycles. The second-order valence-corrected chi connectivity index (χ2v) is 12.0. The maximum atomic E-state index is 5.35. The van der Waals surface area contributed by atoms with Gasteiger partial charge in [0.2, 0.25) is 0 Å². The molecule has 2 heterocycles. The molecule has 45 heavy (non-hydrogen) atoms. The smallest absolute Gasteiger partial charge is 0.126 e. The Hall–Kier alpha value is -5.49. The number of nitrogens with zero attached hydrogens (tertiary/aromatic N) is 4. The van der Waals surface area contributed by atoms with Crippen LogP contribution in [-0.2, 0) is 6.54 Å². The maximum absolute atomic E-state index is 5.35. The van der Waals surface area contributed by atoms with E-state index in [0.29, 0.717) is 6.54 Å². The molecular formula is C39H37N5O. The van der Waals surface area contributed by atoms with Crippen molar-refractivity contribution in [3.8, 4) is 28.1 Å². The molecule has 0 aliphatic rings. The van der Waals surface area contributed by atoms with Crippen molar-refractivity contribution in [2.75, 3.05) is 12.4 Å². The SMILES string of the molecule is COc1ccc(Cn2cc(-c3ccnc(NC(C)(C)C)c3)c(-c3cccc(N=C(c4ccccc4)c4ccccc4)c3)n2)cc1. The zero-order chi connectivity index (χ0) is 31.2. The summed E-state index contributed by atoms with van der Waals surface area (Å²) in [6.45, 7) is 7.01. The van der Waals surface area contributed by atoms with Gasteiger partial charge >= 0.3 is 0 Å². The largest absolute Gasteiger partial charge is 0.497 e. The van der Waals surface area contributed by atoms with Gasteiger partial charge in [-0.3, -0.25) is 4.68 Å². The van der Waals surface area contributed by atoms with Gasteiger partial charge in [0.05, 0.1) is 25.1 Å². The number of rotatable bonds is 9. The van der Waals surface area contributed by atoms with E-state index in [2.05, 4.69) is 91.9 Å². The summed E-state index contributed by atoms with van der Waals surface area (Å²) in [6, 6.07) is 41.2. The van der Waals surface area contributed by atoms with Gasteiger partial charge in [0.25, 0.3) is 0 Å². The molecule has 0 radical (unpaired) electrons. The highest BCUT2D eigenvalue weighted by Crippen LogP contribution is 2.34. The van der Waals surface area contributed by atoms with Crippen molar-refractivity contribution >= 4 is 17.2 Å². The molecule has 0 saturated carbocycles. The van der Waals surface area contributed by atoms with Gasteiger partial charge in [0.1, 0.15) is 17.3 Å². The molecule has 2 aromatic heterocycles.